The van der Waals surface area contributed by atoms with E-state index < -0.39 is 0 Å². The van der Waals surface area contributed by atoms with Crippen LogP contribution in [0.4, 0.5) is 0 Å². The molecule has 0 heterocycles. The van der Waals surface area contributed by atoms with Gasteiger partial charge in [0.1, 0.15) is 0 Å². The summed E-state index contributed by atoms with van der Waals surface area (Å²) in [6.45, 7) is 10.1. The van der Waals surface area contributed by atoms with Gasteiger partial charge in [0.05, 0.1) is 6.10 Å². The van der Waals surface area contributed by atoms with E-state index in [9.17, 15) is 5.11 Å². The average Bonchev–Trinajstić information content (AvgIpc) is 2.40. The van der Waals surface area contributed by atoms with Crippen LogP contribution in [-0.2, 0) is 0 Å². The van der Waals surface area contributed by atoms with Gasteiger partial charge in [0, 0.05) is 0 Å². The lowest BCUT2D eigenvalue weighted by Gasteiger charge is -2.53. The van der Waals surface area contributed by atoms with Crippen molar-refractivity contribution in [1.82, 2.24) is 0 Å². The van der Waals surface area contributed by atoms with Crippen molar-refractivity contribution in [1.29, 1.82) is 0 Å². The fraction of sp³-hybridized carbons (Fsp3) is 1.00. The van der Waals surface area contributed by atoms with Crippen LogP contribution in [0.2, 0.25) is 0 Å². The number of aliphatic hydroxyl groups excluding tert-OH is 1. The first-order valence-corrected chi connectivity index (χ1v) is 8.54. The topological polar surface area (TPSA) is 20.2 Å². The third kappa shape index (κ3) is 3.01. The molecule has 0 aliphatic heterocycles. The van der Waals surface area contributed by atoms with Gasteiger partial charge in [-0.15, -0.1) is 0 Å². The predicted octanol–water partition coefficient (Wildman–Crippen LogP) is 5.17. The largest absolute Gasteiger partial charge is 0.393 e. The molecule has 2 rings (SSSR count). The average molecular weight is 266 g/mol. The van der Waals surface area contributed by atoms with Crippen LogP contribution in [0.3, 0.4) is 0 Å². The van der Waals surface area contributed by atoms with E-state index in [2.05, 4.69) is 27.7 Å². The minimum absolute atomic E-state index is 0.0233. The lowest BCUT2D eigenvalue weighted by Crippen LogP contribution is -2.46. The van der Waals surface area contributed by atoms with E-state index in [4.69, 9.17) is 0 Å². The van der Waals surface area contributed by atoms with Crippen LogP contribution < -0.4 is 0 Å². The summed E-state index contributed by atoms with van der Waals surface area (Å²) in [5, 5.41) is 9.74. The summed E-state index contributed by atoms with van der Waals surface area (Å²) in [4.78, 5) is 0. The Balaban J connectivity index is 2.07. The Morgan fingerprint density at radius 3 is 1.53 bits per heavy atom. The van der Waals surface area contributed by atoms with Crippen LogP contribution in [0.25, 0.3) is 0 Å². The van der Waals surface area contributed by atoms with Crippen molar-refractivity contribution in [2.24, 2.45) is 22.7 Å². The van der Waals surface area contributed by atoms with Gasteiger partial charge in [0.15, 0.2) is 0 Å². The first kappa shape index (κ1) is 15.4. The van der Waals surface area contributed by atoms with Gasteiger partial charge in [-0.05, 0) is 61.2 Å². The minimum atomic E-state index is -0.0233. The van der Waals surface area contributed by atoms with Crippen LogP contribution in [0, 0.1) is 22.7 Å². The van der Waals surface area contributed by atoms with Crippen molar-refractivity contribution in [3.05, 3.63) is 0 Å². The zero-order chi connectivity index (χ0) is 14.1. The molecule has 1 N–H and O–H groups in total. The lowest BCUT2D eigenvalue weighted by atomic mass is 9.52. The SMILES string of the molecule is CC(C)(C1CCCCC1)C(C)(C)C1CCC(O)CC1. The van der Waals surface area contributed by atoms with E-state index >= 15 is 0 Å². The van der Waals surface area contributed by atoms with Gasteiger partial charge < -0.3 is 5.11 Å². The Labute approximate surface area is 120 Å². The van der Waals surface area contributed by atoms with Crippen LogP contribution in [0.1, 0.15) is 85.5 Å². The summed E-state index contributed by atoms with van der Waals surface area (Å²) >= 11 is 0. The summed E-state index contributed by atoms with van der Waals surface area (Å²) in [6.07, 6.45) is 11.7. The molecule has 0 unspecified atom stereocenters. The fourth-order valence-corrected chi connectivity index (χ4v) is 4.67. The molecule has 0 saturated heterocycles. The molecule has 112 valence electrons. The van der Waals surface area contributed by atoms with Crippen LogP contribution in [-0.4, -0.2) is 11.2 Å². The Kier molecular flexibility index (Phi) is 4.65. The Bertz CT molecular complexity index is 278. The van der Waals surface area contributed by atoms with E-state index in [1.807, 2.05) is 0 Å². The van der Waals surface area contributed by atoms with Crippen LogP contribution >= 0.6 is 0 Å². The third-order valence-corrected chi connectivity index (χ3v) is 7.00. The molecule has 2 aliphatic carbocycles. The second-order valence-electron chi connectivity index (χ2n) is 8.28. The van der Waals surface area contributed by atoms with Crippen molar-refractivity contribution in [3.8, 4) is 0 Å². The summed E-state index contributed by atoms with van der Waals surface area (Å²) in [5.74, 6) is 1.70. The molecule has 0 aromatic heterocycles. The highest BCUT2D eigenvalue weighted by molar-refractivity contribution is 4.97. The van der Waals surface area contributed by atoms with Crippen LogP contribution in [0.5, 0.6) is 0 Å². The molecule has 2 saturated carbocycles. The molecular weight excluding hydrogens is 232 g/mol. The highest BCUT2D eigenvalue weighted by atomic mass is 16.3. The summed E-state index contributed by atoms with van der Waals surface area (Å²) < 4.78 is 0. The minimum Gasteiger partial charge on any atom is -0.393 e. The maximum absolute atomic E-state index is 9.74. The zero-order valence-corrected chi connectivity index (χ0v) is 13.5. The number of rotatable bonds is 3. The van der Waals surface area contributed by atoms with Gasteiger partial charge >= 0.3 is 0 Å². The molecular formula is C18H34O. The Morgan fingerprint density at radius 2 is 1.05 bits per heavy atom. The van der Waals surface area contributed by atoms with E-state index in [1.54, 1.807) is 0 Å². The lowest BCUT2D eigenvalue weighted by molar-refractivity contribution is -0.0500. The van der Waals surface area contributed by atoms with Crippen molar-refractivity contribution >= 4 is 0 Å². The molecule has 0 aromatic carbocycles. The Hall–Kier alpha value is -0.0400. The smallest absolute Gasteiger partial charge is 0.0540 e. The van der Waals surface area contributed by atoms with Gasteiger partial charge in [-0.2, -0.15) is 0 Å². The number of hydrogen-bond donors (Lipinski definition) is 1. The summed E-state index contributed by atoms with van der Waals surface area (Å²) in [7, 11) is 0. The molecule has 1 nitrogen and oxygen atoms in total. The van der Waals surface area contributed by atoms with E-state index in [0.29, 0.717) is 10.8 Å². The normalized spacial score (nSPS) is 31.4. The quantitative estimate of drug-likeness (QED) is 0.747. The highest BCUT2D eigenvalue weighted by Crippen LogP contribution is 2.55. The molecule has 2 fully saturated rings. The molecule has 0 radical (unpaired) electrons. The molecule has 0 spiro atoms. The molecule has 19 heavy (non-hydrogen) atoms. The van der Waals surface area contributed by atoms with Gasteiger partial charge in [0.2, 0.25) is 0 Å². The standard InChI is InChI=1S/C18H34O/c1-17(2,14-8-6-5-7-9-14)18(3,4)15-10-12-16(19)13-11-15/h14-16,19H,5-13H2,1-4H3. The Morgan fingerprint density at radius 1 is 0.632 bits per heavy atom. The molecule has 0 aromatic rings. The molecule has 2 aliphatic rings. The third-order valence-electron chi connectivity index (χ3n) is 7.00. The predicted molar refractivity (Wildman–Crippen MR) is 82.1 cm³/mol. The first-order valence-electron chi connectivity index (χ1n) is 8.54. The van der Waals surface area contributed by atoms with Gasteiger partial charge in [-0.1, -0.05) is 47.0 Å². The number of aliphatic hydroxyl groups is 1. The van der Waals surface area contributed by atoms with E-state index in [-0.39, 0.29) is 6.10 Å². The maximum atomic E-state index is 9.74. The van der Waals surface area contributed by atoms with Crippen molar-refractivity contribution in [2.75, 3.05) is 0 Å². The first-order chi connectivity index (χ1) is 8.85. The van der Waals surface area contributed by atoms with E-state index in [0.717, 1.165) is 24.7 Å². The van der Waals surface area contributed by atoms with E-state index in [1.165, 1.54) is 44.9 Å². The second kappa shape index (κ2) is 5.76. The van der Waals surface area contributed by atoms with Gasteiger partial charge in [0.25, 0.3) is 0 Å². The van der Waals surface area contributed by atoms with Crippen LogP contribution in [0.15, 0.2) is 0 Å². The fourth-order valence-electron chi connectivity index (χ4n) is 4.67. The van der Waals surface area contributed by atoms with Gasteiger partial charge in [-0.25, -0.2) is 0 Å². The summed E-state index contributed by atoms with van der Waals surface area (Å²) in [6, 6.07) is 0. The molecule has 0 atom stereocenters. The second-order valence-corrected chi connectivity index (χ2v) is 8.28. The highest BCUT2D eigenvalue weighted by Gasteiger charge is 2.47. The molecule has 0 amide bonds. The molecule has 1 heteroatoms. The number of hydrogen-bond acceptors (Lipinski definition) is 1. The van der Waals surface area contributed by atoms with Crippen molar-refractivity contribution in [3.63, 3.8) is 0 Å². The molecule has 0 bridgehead atoms. The summed E-state index contributed by atoms with van der Waals surface area (Å²) in [5.41, 5.74) is 0.829. The van der Waals surface area contributed by atoms with Crippen molar-refractivity contribution in [2.45, 2.75) is 91.6 Å². The maximum Gasteiger partial charge on any atom is 0.0540 e. The zero-order valence-electron chi connectivity index (χ0n) is 13.5. The van der Waals surface area contributed by atoms with Crippen molar-refractivity contribution < 1.29 is 5.11 Å². The van der Waals surface area contributed by atoms with Gasteiger partial charge in [-0.3, -0.25) is 0 Å². The monoisotopic (exact) mass is 266 g/mol.